The van der Waals surface area contributed by atoms with E-state index in [2.05, 4.69) is 16.0 Å². The molecule has 0 radical (unpaired) electrons. The van der Waals surface area contributed by atoms with Gasteiger partial charge < -0.3 is 20.5 Å². The molecule has 0 aliphatic heterocycles. The highest BCUT2D eigenvalue weighted by Crippen LogP contribution is 2.22. The molecule has 2 aromatic rings. The Bertz CT molecular complexity index is 1020. The van der Waals surface area contributed by atoms with Gasteiger partial charge in [0.1, 0.15) is 18.0 Å². The second kappa shape index (κ2) is 10.3. The molecule has 1 aliphatic rings. The maximum absolute atomic E-state index is 13.7. The minimum absolute atomic E-state index is 0.135. The Balaban J connectivity index is 1.75. The highest BCUT2D eigenvalue weighted by Gasteiger charge is 2.21. The van der Waals surface area contributed by atoms with Crippen molar-refractivity contribution in [1.82, 2.24) is 15.2 Å². The van der Waals surface area contributed by atoms with Crippen LogP contribution in [-0.2, 0) is 35.4 Å². The summed E-state index contributed by atoms with van der Waals surface area (Å²) in [6, 6.07) is 7.73. The van der Waals surface area contributed by atoms with Crippen LogP contribution in [0.4, 0.5) is 10.1 Å². The van der Waals surface area contributed by atoms with Crippen molar-refractivity contribution in [3.8, 4) is 0 Å². The van der Waals surface area contributed by atoms with Gasteiger partial charge in [-0.2, -0.15) is 0 Å². The quantitative estimate of drug-likeness (QED) is 0.598. The lowest BCUT2D eigenvalue weighted by molar-refractivity contribution is -0.121. The Morgan fingerprint density at radius 1 is 1.19 bits per heavy atom. The third-order valence-electron chi connectivity index (χ3n) is 5.66. The van der Waals surface area contributed by atoms with Crippen molar-refractivity contribution >= 4 is 17.5 Å². The SMILES string of the molecule is CN[C@@H](C)C(=O)Nc1cc2c(n(CC(=O)NCCc3ccccc3F)c1=O)CCCC2. The van der Waals surface area contributed by atoms with Gasteiger partial charge in [0.15, 0.2) is 0 Å². The minimum atomic E-state index is -0.453. The zero-order valence-corrected chi connectivity index (χ0v) is 18.0. The molecule has 1 aliphatic carbocycles. The summed E-state index contributed by atoms with van der Waals surface area (Å²) in [5.74, 6) is -0.934. The van der Waals surface area contributed by atoms with Crippen LogP contribution in [-0.4, -0.2) is 36.0 Å². The Morgan fingerprint density at radius 3 is 2.68 bits per heavy atom. The number of anilines is 1. The summed E-state index contributed by atoms with van der Waals surface area (Å²) in [7, 11) is 1.67. The van der Waals surface area contributed by atoms with E-state index in [-0.39, 0.29) is 42.0 Å². The van der Waals surface area contributed by atoms with Crippen LogP contribution < -0.4 is 21.5 Å². The molecule has 3 rings (SSSR count). The summed E-state index contributed by atoms with van der Waals surface area (Å²) in [5, 5.41) is 8.30. The number of fused-ring (bicyclic) bond motifs is 1. The lowest BCUT2D eigenvalue weighted by atomic mass is 9.95. The summed E-state index contributed by atoms with van der Waals surface area (Å²) >= 11 is 0. The Kier molecular flexibility index (Phi) is 7.57. The number of nitrogens with one attached hydrogen (secondary N) is 3. The molecular formula is C23H29FN4O3. The van der Waals surface area contributed by atoms with Gasteiger partial charge in [-0.15, -0.1) is 0 Å². The van der Waals surface area contributed by atoms with Gasteiger partial charge in [0.2, 0.25) is 11.8 Å². The third kappa shape index (κ3) is 5.58. The number of pyridine rings is 1. The molecule has 1 aromatic carbocycles. The molecule has 1 aromatic heterocycles. The Labute approximate surface area is 181 Å². The van der Waals surface area contributed by atoms with E-state index in [0.29, 0.717) is 18.4 Å². The van der Waals surface area contributed by atoms with E-state index < -0.39 is 6.04 Å². The predicted molar refractivity (Wildman–Crippen MR) is 118 cm³/mol. The fraction of sp³-hybridized carbons (Fsp3) is 0.435. The van der Waals surface area contributed by atoms with Crippen molar-refractivity contribution in [2.45, 2.75) is 51.6 Å². The molecule has 31 heavy (non-hydrogen) atoms. The first-order valence-corrected chi connectivity index (χ1v) is 10.6. The first-order chi connectivity index (χ1) is 14.9. The molecule has 1 heterocycles. The van der Waals surface area contributed by atoms with Gasteiger partial charge in [0.05, 0.1) is 6.04 Å². The number of carbonyl (C=O) groups excluding carboxylic acids is 2. The smallest absolute Gasteiger partial charge is 0.275 e. The van der Waals surface area contributed by atoms with Crippen LogP contribution in [0.2, 0.25) is 0 Å². The average Bonchev–Trinajstić information content (AvgIpc) is 2.77. The number of amides is 2. The van der Waals surface area contributed by atoms with Gasteiger partial charge in [-0.3, -0.25) is 14.4 Å². The summed E-state index contributed by atoms with van der Waals surface area (Å²) in [4.78, 5) is 37.9. The molecule has 0 saturated heterocycles. The number of hydrogen-bond donors (Lipinski definition) is 3. The lowest BCUT2D eigenvalue weighted by Gasteiger charge is -2.23. The molecular weight excluding hydrogens is 399 g/mol. The Morgan fingerprint density at radius 2 is 1.94 bits per heavy atom. The highest BCUT2D eigenvalue weighted by atomic mass is 19.1. The molecule has 166 valence electrons. The summed E-state index contributed by atoms with van der Waals surface area (Å²) in [6.07, 6.45) is 3.83. The zero-order chi connectivity index (χ0) is 22.4. The van der Waals surface area contributed by atoms with Crippen LogP contribution in [0.5, 0.6) is 0 Å². The summed E-state index contributed by atoms with van der Waals surface area (Å²) in [6.45, 7) is 1.84. The predicted octanol–water partition coefficient (Wildman–Crippen LogP) is 1.77. The number of rotatable bonds is 8. The normalized spacial score (nSPS) is 13.9. The van der Waals surface area contributed by atoms with E-state index in [1.54, 1.807) is 38.2 Å². The number of aromatic nitrogens is 1. The van der Waals surface area contributed by atoms with Crippen LogP contribution in [0.1, 0.15) is 36.6 Å². The third-order valence-corrected chi connectivity index (χ3v) is 5.66. The van der Waals surface area contributed by atoms with Crippen molar-refractivity contribution in [2.75, 3.05) is 18.9 Å². The van der Waals surface area contributed by atoms with Crippen LogP contribution in [0, 0.1) is 5.82 Å². The molecule has 0 saturated carbocycles. The second-order valence-corrected chi connectivity index (χ2v) is 7.82. The molecule has 0 spiro atoms. The largest absolute Gasteiger partial charge is 0.354 e. The minimum Gasteiger partial charge on any atom is -0.354 e. The van der Waals surface area contributed by atoms with E-state index in [1.807, 2.05) is 0 Å². The van der Waals surface area contributed by atoms with E-state index in [1.165, 1.54) is 10.6 Å². The van der Waals surface area contributed by atoms with Crippen LogP contribution >= 0.6 is 0 Å². The van der Waals surface area contributed by atoms with Gasteiger partial charge in [0.25, 0.3) is 5.56 Å². The number of hydrogen-bond acceptors (Lipinski definition) is 4. The van der Waals surface area contributed by atoms with Gasteiger partial charge in [-0.25, -0.2) is 4.39 Å². The van der Waals surface area contributed by atoms with Crippen molar-refractivity contribution < 1.29 is 14.0 Å². The number of nitrogens with zero attached hydrogens (tertiary/aromatic N) is 1. The molecule has 8 heteroatoms. The highest BCUT2D eigenvalue weighted by molar-refractivity contribution is 5.94. The fourth-order valence-corrected chi connectivity index (χ4v) is 3.75. The van der Waals surface area contributed by atoms with Crippen molar-refractivity contribution in [3.63, 3.8) is 0 Å². The first-order valence-electron chi connectivity index (χ1n) is 10.6. The van der Waals surface area contributed by atoms with E-state index in [0.717, 1.165) is 30.5 Å². The summed E-state index contributed by atoms with van der Waals surface area (Å²) in [5.41, 5.74) is 2.16. The Hall–Kier alpha value is -3.00. The topological polar surface area (TPSA) is 92.2 Å². The molecule has 0 fully saturated rings. The first kappa shape index (κ1) is 22.7. The molecule has 3 N–H and O–H groups in total. The maximum Gasteiger partial charge on any atom is 0.275 e. The molecule has 0 bridgehead atoms. The monoisotopic (exact) mass is 428 g/mol. The van der Waals surface area contributed by atoms with Gasteiger partial charge in [-0.1, -0.05) is 18.2 Å². The van der Waals surface area contributed by atoms with E-state index in [9.17, 15) is 18.8 Å². The van der Waals surface area contributed by atoms with Gasteiger partial charge >= 0.3 is 0 Å². The number of aryl methyl sites for hydroxylation is 1. The van der Waals surface area contributed by atoms with Crippen molar-refractivity contribution in [3.05, 3.63) is 63.3 Å². The van der Waals surface area contributed by atoms with Gasteiger partial charge in [-0.05, 0) is 69.3 Å². The molecule has 2 amide bonds. The van der Waals surface area contributed by atoms with Gasteiger partial charge in [0, 0.05) is 12.2 Å². The number of benzene rings is 1. The summed E-state index contributed by atoms with van der Waals surface area (Å²) < 4.78 is 15.2. The average molecular weight is 429 g/mol. The lowest BCUT2D eigenvalue weighted by Crippen LogP contribution is -2.40. The zero-order valence-electron chi connectivity index (χ0n) is 18.0. The van der Waals surface area contributed by atoms with E-state index in [4.69, 9.17) is 0 Å². The number of likely N-dealkylation sites (N-methyl/N-ethyl adjacent to an activating group) is 1. The number of halogens is 1. The second-order valence-electron chi connectivity index (χ2n) is 7.82. The van der Waals surface area contributed by atoms with Crippen molar-refractivity contribution in [1.29, 1.82) is 0 Å². The number of carbonyl (C=O) groups is 2. The van der Waals surface area contributed by atoms with Crippen molar-refractivity contribution in [2.24, 2.45) is 0 Å². The van der Waals surface area contributed by atoms with Crippen LogP contribution in [0.25, 0.3) is 0 Å². The molecule has 1 atom stereocenters. The van der Waals surface area contributed by atoms with E-state index >= 15 is 0 Å². The standard InChI is InChI=1S/C23H29FN4O3/c1-15(25-2)22(30)27-19-13-17-8-4-6-10-20(17)28(23(19)31)14-21(29)26-12-11-16-7-3-5-9-18(16)24/h3,5,7,9,13,15,25H,4,6,8,10-12,14H2,1-2H3,(H,26,29)(H,27,30)/t15-/m0/s1. The maximum atomic E-state index is 13.7. The molecule has 0 unspecified atom stereocenters. The van der Waals surface area contributed by atoms with Crippen LogP contribution in [0.15, 0.2) is 35.1 Å². The van der Waals surface area contributed by atoms with Crippen LogP contribution in [0.3, 0.4) is 0 Å². The molecule has 7 nitrogen and oxygen atoms in total. The fourth-order valence-electron chi connectivity index (χ4n) is 3.75.